The molecule has 2 heterocycles. The third-order valence-electron chi connectivity index (χ3n) is 5.22. The number of benzene rings is 2. The number of rotatable bonds is 4. The molecular weight excluding hydrogens is 392 g/mol. The zero-order valence-corrected chi connectivity index (χ0v) is 18.0. The monoisotopic (exact) mass is 418 g/mol. The Labute approximate surface area is 180 Å². The van der Waals surface area contributed by atoms with Gasteiger partial charge in [-0.1, -0.05) is 12.1 Å². The Kier molecular flexibility index (Phi) is 5.56. The Morgan fingerprint density at radius 3 is 2.61 bits per heavy atom. The first-order chi connectivity index (χ1) is 14.9. The van der Waals surface area contributed by atoms with E-state index in [4.69, 9.17) is 9.72 Å². The maximum Gasteiger partial charge on any atom is 0.254 e. The van der Waals surface area contributed by atoms with Crippen molar-refractivity contribution in [2.24, 2.45) is 10.1 Å². The van der Waals surface area contributed by atoms with Crippen LogP contribution in [0.15, 0.2) is 58.6 Å². The van der Waals surface area contributed by atoms with E-state index in [1.807, 2.05) is 67.3 Å². The van der Waals surface area contributed by atoms with Crippen LogP contribution in [0.5, 0.6) is 0 Å². The molecule has 1 N–H and O–H groups in total. The lowest BCUT2D eigenvalue weighted by Gasteiger charge is -2.38. The van der Waals surface area contributed by atoms with Crippen LogP contribution in [0, 0.1) is 0 Å². The first-order valence-corrected chi connectivity index (χ1v) is 10.1. The van der Waals surface area contributed by atoms with E-state index in [-0.39, 0.29) is 11.5 Å². The van der Waals surface area contributed by atoms with Crippen LogP contribution in [0.3, 0.4) is 0 Å². The number of nitrogens with one attached hydrogen (secondary N) is 1. The molecule has 0 atom stereocenters. The van der Waals surface area contributed by atoms with Crippen LogP contribution < -0.4 is 10.8 Å². The fourth-order valence-electron chi connectivity index (χ4n) is 3.76. The summed E-state index contributed by atoms with van der Waals surface area (Å²) in [7, 11) is 1.68. The van der Waals surface area contributed by atoms with Crippen molar-refractivity contribution in [1.82, 2.24) is 14.6 Å². The second-order valence-electron chi connectivity index (χ2n) is 7.99. The number of carbonyl (C=O) groups excluding carboxylic acids is 1. The molecule has 0 bridgehead atoms. The second kappa shape index (κ2) is 8.31. The number of morpholine rings is 1. The molecule has 0 unspecified atom stereocenters. The molecule has 0 aliphatic carbocycles. The maximum absolute atomic E-state index is 12.9. The molecule has 0 spiro atoms. The molecule has 1 aromatic heterocycles. The number of carbonyl (C=O) groups is 1. The van der Waals surface area contributed by atoms with E-state index in [1.165, 1.54) is 0 Å². The lowest BCUT2D eigenvalue weighted by atomic mass is 10.1. The predicted octanol–water partition coefficient (Wildman–Crippen LogP) is 3.03. The highest BCUT2D eigenvalue weighted by molar-refractivity contribution is 5.94. The van der Waals surface area contributed by atoms with Gasteiger partial charge in [-0.3, -0.25) is 9.79 Å². The molecule has 1 fully saturated rings. The lowest BCUT2D eigenvalue weighted by molar-refractivity contribution is -0.0764. The minimum Gasteiger partial charge on any atom is -0.372 e. The van der Waals surface area contributed by atoms with E-state index in [0.717, 1.165) is 16.7 Å². The van der Waals surface area contributed by atoms with Crippen molar-refractivity contribution in [1.29, 1.82) is 0 Å². The van der Waals surface area contributed by atoms with E-state index in [1.54, 1.807) is 11.7 Å². The molecule has 4 rings (SSSR count). The Hall–Kier alpha value is -3.52. The number of nitrogens with zero attached hydrogens (tertiary/aromatic N) is 5. The van der Waals surface area contributed by atoms with Gasteiger partial charge in [0, 0.05) is 38.1 Å². The molecule has 31 heavy (non-hydrogen) atoms. The van der Waals surface area contributed by atoms with Crippen LogP contribution in [0.1, 0.15) is 24.2 Å². The normalized spacial score (nSPS) is 16.4. The highest BCUT2D eigenvalue weighted by Gasteiger charge is 2.30. The lowest BCUT2D eigenvalue weighted by Crippen LogP contribution is -2.50. The summed E-state index contributed by atoms with van der Waals surface area (Å²) in [5.41, 5.74) is 3.25. The molecule has 1 saturated heterocycles. The zero-order chi connectivity index (χ0) is 22.0. The Morgan fingerprint density at radius 1 is 1.19 bits per heavy atom. The van der Waals surface area contributed by atoms with Gasteiger partial charge in [0.1, 0.15) is 0 Å². The van der Waals surface area contributed by atoms with Crippen LogP contribution in [-0.2, 0) is 4.74 Å². The summed E-state index contributed by atoms with van der Waals surface area (Å²) < 4.78 is 7.36. The van der Waals surface area contributed by atoms with E-state index >= 15 is 0 Å². The minimum atomic E-state index is -0.328. The second-order valence-corrected chi connectivity index (χ2v) is 7.99. The summed E-state index contributed by atoms with van der Waals surface area (Å²) in [6, 6.07) is 15.0. The quantitative estimate of drug-likeness (QED) is 0.660. The fraction of sp³-hybridized carbons (Fsp3) is 0.304. The first-order valence-electron chi connectivity index (χ1n) is 10.1. The minimum absolute atomic E-state index is 0.00435. The highest BCUT2D eigenvalue weighted by Crippen LogP contribution is 2.21. The average molecular weight is 419 g/mol. The molecule has 1 aliphatic rings. The predicted molar refractivity (Wildman–Crippen MR) is 122 cm³/mol. The van der Waals surface area contributed by atoms with Crippen LogP contribution in [-0.4, -0.2) is 59.5 Å². The van der Waals surface area contributed by atoms with Crippen LogP contribution in [0.4, 0.5) is 11.5 Å². The van der Waals surface area contributed by atoms with Gasteiger partial charge in [-0.05, 0) is 50.2 Å². The third-order valence-corrected chi connectivity index (χ3v) is 5.22. The first kappa shape index (κ1) is 20.7. The van der Waals surface area contributed by atoms with Crippen molar-refractivity contribution in [3.05, 3.63) is 59.6 Å². The van der Waals surface area contributed by atoms with E-state index in [0.29, 0.717) is 36.6 Å². The summed E-state index contributed by atoms with van der Waals surface area (Å²) >= 11 is 0. The third kappa shape index (κ3) is 4.20. The van der Waals surface area contributed by atoms with Gasteiger partial charge in [0.2, 0.25) is 0 Å². The SMILES string of the molecule is C=Nn1c(=NC)c(Nc2ccc(C(=O)N3CCOC(C)(C)C3)cc2)nc2ccccc21. The number of hydrogen-bond donors (Lipinski definition) is 1. The van der Waals surface area contributed by atoms with Gasteiger partial charge in [-0.2, -0.15) is 5.10 Å². The average Bonchev–Trinajstić information content (AvgIpc) is 2.77. The largest absolute Gasteiger partial charge is 0.372 e. The maximum atomic E-state index is 12.9. The van der Waals surface area contributed by atoms with Crippen LogP contribution in [0.2, 0.25) is 0 Å². The molecule has 8 heteroatoms. The van der Waals surface area contributed by atoms with Gasteiger partial charge in [0.15, 0.2) is 11.3 Å². The number of fused-ring (bicyclic) bond motifs is 1. The van der Waals surface area contributed by atoms with Crippen molar-refractivity contribution in [2.45, 2.75) is 19.4 Å². The summed E-state index contributed by atoms with van der Waals surface area (Å²) in [6.45, 7) is 9.38. The Bertz CT molecular complexity index is 1200. The van der Waals surface area contributed by atoms with E-state index in [9.17, 15) is 4.79 Å². The zero-order valence-electron chi connectivity index (χ0n) is 18.0. The molecular formula is C23H26N6O2. The summed E-state index contributed by atoms with van der Waals surface area (Å²) in [4.78, 5) is 23.8. The van der Waals surface area contributed by atoms with E-state index in [2.05, 4.69) is 22.1 Å². The number of hydrogen-bond acceptors (Lipinski definition) is 6. The smallest absolute Gasteiger partial charge is 0.254 e. The highest BCUT2D eigenvalue weighted by atomic mass is 16.5. The standard InChI is InChI=1S/C23H26N6O2/c1-23(2)15-28(13-14-31-23)22(30)16-9-11-17(12-10-16)26-20-21(24-3)29(25-4)19-8-6-5-7-18(19)27-20/h5-12H,4,13-15H2,1-3H3,(H,26,27). The summed E-state index contributed by atoms with van der Waals surface area (Å²) in [5.74, 6) is 0.562. The van der Waals surface area contributed by atoms with Crippen molar-refractivity contribution in [3.63, 3.8) is 0 Å². The molecule has 1 aliphatic heterocycles. The van der Waals surface area contributed by atoms with Crippen molar-refractivity contribution < 1.29 is 9.53 Å². The molecule has 3 aromatic rings. The van der Waals surface area contributed by atoms with Gasteiger partial charge < -0.3 is 15.0 Å². The number of amides is 1. The summed E-state index contributed by atoms with van der Waals surface area (Å²) in [6.07, 6.45) is 0. The van der Waals surface area contributed by atoms with Crippen LogP contribution in [0.25, 0.3) is 11.0 Å². The summed E-state index contributed by atoms with van der Waals surface area (Å²) in [5, 5.41) is 7.40. The molecule has 160 valence electrons. The van der Waals surface area contributed by atoms with Crippen molar-refractivity contribution >= 4 is 35.2 Å². The molecule has 2 aromatic carbocycles. The Balaban J connectivity index is 1.61. The van der Waals surface area contributed by atoms with Crippen molar-refractivity contribution in [2.75, 3.05) is 32.1 Å². The van der Waals surface area contributed by atoms with Gasteiger partial charge in [0.05, 0.1) is 23.2 Å². The topological polar surface area (TPSA) is 84.1 Å². The molecule has 8 nitrogen and oxygen atoms in total. The number of ether oxygens (including phenoxy) is 1. The van der Waals surface area contributed by atoms with E-state index < -0.39 is 0 Å². The number of anilines is 2. The van der Waals surface area contributed by atoms with Gasteiger partial charge in [-0.25, -0.2) is 9.66 Å². The Morgan fingerprint density at radius 2 is 1.94 bits per heavy atom. The van der Waals surface area contributed by atoms with Crippen LogP contribution >= 0.6 is 0 Å². The number of aromatic nitrogens is 2. The van der Waals surface area contributed by atoms with Gasteiger partial charge in [0.25, 0.3) is 5.91 Å². The molecule has 1 amide bonds. The van der Waals surface area contributed by atoms with Crippen molar-refractivity contribution in [3.8, 4) is 0 Å². The van der Waals surface area contributed by atoms with Gasteiger partial charge >= 0.3 is 0 Å². The fourth-order valence-corrected chi connectivity index (χ4v) is 3.76. The number of para-hydroxylation sites is 2. The molecule has 0 saturated carbocycles. The molecule has 0 radical (unpaired) electrons. The van der Waals surface area contributed by atoms with Gasteiger partial charge in [-0.15, -0.1) is 0 Å².